The lowest BCUT2D eigenvalue weighted by Crippen LogP contribution is -2.57. The summed E-state index contributed by atoms with van der Waals surface area (Å²) in [6.45, 7) is 0.185. The van der Waals surface area contributed by atoms with Gasteiger partial charge in [0, 0.05) is 0 Å². The zero-order chi connectivity index (χ0) is 14.9. The molecule has 1 saturated heterocycles. The SMILES string of the molecule is FC(F)(F)C12ON=CC1CCC(OCc1ccccc1)O2. The summed E-state index contributed by atoms with van der Waals surface area (Å²) in [4.78, 5) is 4.53. The third kappa shape index (κ3) is 2.63. The highest BCUT2D eigenvalue weighted by molar-refractivity contribution is 5.63. The highest BCUT2D eigenvalue weighted by atomic mass is 19.4. The van der Waals surface area contributed by atoms with Crippen molar-refractivity contribution in [2.75, 3.05) is 0 Å². The van der Waals surface area contributed by atoms with Crippen LogP contribution in [-0.2, 0) is 20.9 Å². The van der Waals surface area contributed by atoms with Gasteiger partial charge < -0.3 is 14.3 Å². The number of hydrogen-bond acceptors (Lipinski definition) is 4. The van der Waals surface area contributed by atoms with Gasteiger partial charge in [-0.05, 0) is 18.4 Å². The van der Waals surface area contributed by atoms with Gasteiger partial charge in [0.15, 0.2) is 6.29 Å². The summed E-state index contributed by atoms with van der Waals surface area (Å²) in [6, 6.07) is 9.19. The minimum Gasteiger partial charge on any atom is -0.350 e. The van der Waals surface area contributed by atoms with Crippen molar-refractivity contribution >= 4 is 6.21 Å². The van der Waals surface area contributed by atoms with E-state index in [1.807, 2.05) is 30.3 Å². The molecule has 0 bridgehead atoms. The molecule has 1 aromatic carbocycles. The summed E-state index contributed by atoms with van der Waals surface area (Å²) in [5.74, 6) is -3.62. The van der Waals surface area contributed by atoms with Gasteiger partial charge in [-0.25, -0.2) is 0 Å². The third-order valence-corrected chi connectivity index (χ3v) is 3.61. The number of fused-ring (bicyclic) bond motifs is 1. The summed E-state index contributed by atoms with van der Waals surface area (Å²) in [7, 11) is 0. The van der Waals surface area contributed by atoms with Gasteiger partial charge in [0.2, 0.25) is 0 Å². The molecule has 0 amide bonds. The maximum atomic E-state index is 13.2. The lowest BCUT2D eigenvalue weighted by Gasteiger charge is -2.40. The fraction of sp³-hybridized carbons (Fsp3) is 0.500. The van der Waals surface area contributed by atoms with E-state index in [2.05, 4.69) is 9.99 Å². The number of halogens is 3. The molecule has 2 aliphatic heterocycles. The average Bonchev–Trinajstić information content (AvgIpc) is 2.90. The predicted molar refractivity (Wildman–Crippen MR) is 67.2 cm³/mol. The third-order valence-electron chi connectivity index (χ3n) is 3.61. The normalized spacial score (nSPS) is 31.8. The van der Waals surface area contributed by atoms with E-state index in [1.54, 1.807) is 0 Å². The van der Waals surface area contributed by atoms with Gasteiger partial charge in [-0.15, -0.1) is 0 Å². The van der Waals surface area contributed by atoms with Gasteiger partial charge in [0.1, 0.15) is 0 Å². The topological polar surface area (TPSA) is 40.0 Å². The second kappa shape index (κ2) is 5.31. The molecule has 21 heavy (non-hydrogen) atoms. The summed E-state index contributed by atoms with van der Waals surface area (Å²) >= 11 is 0. The molecule has 1 fully saturated rings. The number of hydrogen-bond donors (Lipinski definition) is 0. The van der Waals surface area contributed by atoms with Crippen molar-refractivity contribution < 1.29 is 27.5 Å². The zero-order valence-corrected chi connectivity index (χ0v) is 11.0. The molecule has 2 heterocycles. The van der Waals surface area contributed by atoms with Crippen molar-refractivity contribution in [3.63, 3.8) is 0 Å². The molecule has 0 spiro atoms. The molecule has 3 unspecified atom stereocenters. The number of alkyl halides is 3. The Hall–Kier alpha value is -1.60. The van der Waals surface area contributed by atoms with Gasteiger partial charge in [0.25, 0.3) is 0 Å². The fourth-order valence-electron chi connectivity index (χ4n) is 2.50. The molecular weight excluding hydrogens is 287 g/mol. The smallest absolute Gasteiger partial charge is 0.350 e. The highest BCUT2D eigenvalue weighted by Crippen LogP contribution is 2.48. The van der Waals surface area contributed by atoms with Crippen molar-refractivity contribution in [2.24, 2.45) is 11.1 Å². The van der Waals surface area contributed by atoms with Crippen LogP contribution in [0.2, 0.25) is 0 Å². The van der Waals surface area contributed by atoms with E-state index in [0.29, 0.717) is 6.42 Å². The second-order valence-electron chi connectivity index (χ2n) is 5.04. The van der Waals surface area contributed by atoms with Crippen molar-refractivity contribution in [1.29, 1.82) is 0 Å². The second-order valence-corrected chi connectivity index (χ2v) is 5.04. The van der Waals surface area contributed by atoms with E-state index in [1.165, 1.54) is 0 Å². The molecule has 0 saturated carbocycles. The minimum absolute atomic E-state index is 0.185. The molecule has 0 aromatic heterocycles. The first-order valence-corrected chi connectivity index (χ1v) is 6.63. The van der Waals surface area contributed by atoms with Gasteiger partial charge in [-0.1, -0.05) is 35.5 Å². The highest BCUT2D eigenvalue weighted by Gasteiger charge is 2.68. The van der Waals surface area contributed by atoms with Crippen LogP contribution in [-0.4, -0.2) is 24.5 Å². The molecular formula is C14H14F3NO3. The summed E-state index contributed by atoms with van der Waals surface area (Å²) < 4.78 is 50.2. The average molecular weight is 301 g/mol. The Morgan fingerprint density at radius 1 is 1.24 bits per heavy atom. The lowest BCUT2D eigenvalue weighted by atomic mass is 9.91. The Balaban J connectivity index is 1.67. The van der Waals surface area contributed by atoms with E-state index in [0.717, 1.165) is 11.8 Å². The van der Waals surface area contributed by atoms with Gasteiger partial charge >= 0.3 is 12.0 Å². The Kier molecular flexibility index (Phi) is 3.62. The van der Waals surface area contributed by atoms with E-state index in [-0.39, 0.29) is 13.0 Å². The van der Waals surface area contributed by atoms with Crippen LogP contribution in [0.5, 0.6) is 0 Å². The van der Waals surface area contributed by atoms with Gasteiger partial charge in [-0.3, -0.25) is 0 Å². The van der Waals surface area contributed by atoms with Crippen LogP contribution >= 0.6 is 0 Å². The molecule has 4 nitrogen and oxygen atoms in total. The summed E-state index contributed by atoms with van der Waals surface area (Å²) in [6.07, 6.45) is -3.86. The van der Waals surface area contributed by atoms with Crippen molar-refractivity contribution in [2.45, 2.75) is 37.7 Å². The zero-order valence-electron chi connectivity index (χ0n) is 11.0. The molecule has 3 rings (SSSR count). The van der Waals surface area contributed by atoms with E-state index >= 15 is 0 Å². The first-order valence-electron chi connectivity index (χ1n) is 6.63. The number of benzene rings is 1. The lowest BCUT2D eigenvalue weighted by molar-refractivity contribution is -0.431. The van der Waals surface area contributed by atoms with E-state index in [4.69, 9.17) is 9.47 Å². The number of ether oxygens (including phenoxy) is 2. The minimum atomic E-state index is -4.66. The first kappa shape index (κ1) is 14.3. The van der Waals surface area contributed by atoms with Crippen LogP contribution in [0.4, 0.5) is 13.2 Å². The molecule has 0 aliphatic carbocycles. The van der Waals surface area contributed by atoms with E-state index in [9.17, 15) is 13.2 Å². The van der Waals surface area contributed by atoms with Crippen LogP contribution in [0.3, 0.4) is 0 Å². The number of oxime groups is 1. The van der Waals surface area contributed by atoms with Gasteiger partial charge in [-0.2, -0.15) is 13.2 Å². The Morgan fingerprint density at radius 2 is 2.00 bits per heavy atom. The van der Waals surface area contributed by atoms with Crippen LogP contribution in [0, 0.1) is 5.92 Å². The quantitative estimate of drug-likeness (QED) is 0.860. The number of rotatable bonds is 3. The van der Waals surface area contributed by atoms with E-state index < -0.39 is 24.2 Å². The largest absolute Gasteiger partial charge is 0.458 e. The van der Waals surface area contributed by atoms with Gasteiger partial charge in [0.05, 0.1) is 18.7 Å². The Labute approximate surface area is 119 Å². The molecule has 2 aliphatic rings. The van der Waals surface area contributed by atoms with Crippen LogP contribution in [0.15, 0.2) is 35.5 Å². The molecule has 3 atom stereocenters. The maximum Gasteiger partial charge on any atom is 0.458 e. The number of nitrogens with zero attached hydrogens (tertiary/aromatic N) is 1. The molecule has 0 N–H and O–H groups in total. The van der Waals surface area contributed by atoms with Crippen molar-refractivity contribution in [3.05, 3.63) is 35.9 Å². The van der Waals surface area contributed by atoms with Crippen molar-refractivity contribution in [3.8, 4) is 0 Å². The molecule has 0 radical (unpaired) electrons. The Bertz CT molecular complexity index is 520. The standard InChI is InChI=1S/C14H14F3NO3/c15-14(16,17)13-11(8-18-21-13)6-7-12(20-13)19-9-10-4-2-1-3-5-10/h1-5,8,11-12H,6-7,9H2. The molecule has 1 aromatic rings. The first-order chi connectivity index (χ1) is 10.0. The predicted octanol–water partition coefficient (Wildman–Crippen LogP) is 3.23. The summed E-state index contributed by atoms with van der Waals surface area (Å²) in [5, 5.41) is 3.29. The van der Waals surface area contributed by atoms with Crippen LogP contribution in [0.25, 0.3) is 0 Å². The Morgan fingerprint density at radius 3 is 2.71 bits per heavy atom. The van der Waals surface area contributed by atoms with Crippen molar-refractivity contribution in [1.82, 2.24) is 0 Å². The monoisotopic (exact) mass is 301 g/mol. The van der Waals surface area contributed by atoms with Crippen LogP contribution < -0.4 is 0 Å². The summed E-state index contributed by atoms with van der Waals surface area (Å²) in [5.41, 5.74) is 0.868. The molecule has 7 heteroatoms. The maximum absolute atomic E-state index is 13.2. The van der Waals surface area contributed by atoms with Crippen LogP contribution in [0.1, 0.15) is 18.4 Å². The fourth-order valence-corrected chi connectivity index (χ4v) is 2.50. The molecule has 114 valence electrons.